The molecular formula is C16H31N3O3. The van der Waals surface area contributed by atoms with E-state index < -0.39 is 5.91 Å². The van der Waals surface area contributed by atoms with Gasteiger partial charge in [-0.3, -0.25) is 14.5 Å². The number of hydrogen-bond donors (Lipinski definition) is 2. The number of rotatable bonds is 10. The molecule has 6 nitrogen and oxygen atoms in total. The van der Waals surface area contributed by atoms with Gasteiger partial charge in [-0.05, 0) is 33.1 Å². The van der Waals surface area contributed by atoms with Crippen molar-refractivity contribution in [3.63, 3.8) is 0 Å². The standard InChI is InChI=1S/C16H31N3O3/c1-13(2)19(11-15(17)20)12-16(21)18-9-6-10-22-14-7-4-3-5-8-14/h13-14H,3-12H2,1-2H3,(H2,17,20)(H,18,21). The number of primary amides is 1. The van der Waals surface area contributed by atoms with Crippen LogP contribution in [-0.4, -0.2) is 55.1 Å². The summed E-state index contributed by atoms with van der Waals surface area (Å²) in [6, 6.07) is 0.105. The van der Waals surface area contributed by atoms with Crippen molar-refractivity contribution in [1.29, 1.82) is 0 Å². The topological polar surface area (TPSA) is 84.7 Å². The molecule has 6 heteroatoms. The lowest BCUT2D eigenvalue weighted by molar-refractivity contribution is -0.124. The van der Waals surface area contributed by atoms with Crippen LogP contribution in [0.15, 0.2) is 0 Å². The van der Waals surface area contributed by atoms with Gasteiger partial charge in [0.1, 0.15) is 0 Å². The van der Waals surface area contributed by atoms with Gasteiger partial charge in [0, 0.05) is 19.2 Å². The highest BCUT2D eigenvalue weighted by molar-refractivity contribution is 5.80. The molecule has 0 bridgehead atoms. The number of carbonyl (C=O) groups excluding carboxylic acids is 2. The van der Waals surface area contributed by atoms with Crippen molar-refractivity contribution in [2.24, 2.45) is 5.73 Å². The number of amides is 2. The third kappa shape index (κ3) is 8.34. The van der Waals surface area contributed by atoms with Gasteiger partial charge in [-0.15, -0.1) is 0 Å². The van der Waals surface area contributed by atoms with Crippen molar-refractivity contribution in [3.05, 3.63) is 0 Å². The van der Waals surface area contributed by atoms with Gasteiger partial charge in [-0.2, -0.15) is 0 Å². The Morgan fingerprint density at radius 1 is 1.23 bits per heavy atom. The van der Waals surface area contributed by atoms with Crippen molar-refractivity contribution in [1.82, 2.24) is 10.2 Å². The summed E-state index contributed by atoms with van der Waals surface area (Å²) in [5.74, 6) is -0.491. The van der Waals surface area contributed by atoms with Gasteiger partial charge < -0.3 is 15.8 Å². The Kier molecular flexibility index (Phi) is 9.08. The summed E-state index contributed by atoms with van der Waals surface area (Å²) in [5, 5.41) is 2.87. The second-order valence-corrected chi connectivity index (χ2v) is 6.30. The number of ether oxygens (including phenoxy) is 1. The van der Waals surface area contributed by atoms with Gasteiger partial charge in [0.05, 0.1) is 19.2 Å². The van der Waals surface area contributed by atoms with E-state index in [4.69, 9.17) is 10.5 Å². The third-order valence-corrected chi connectivity index (χ3v) is 3.98. The van der Waals surface area contributed by atoms with E-state index in [1.807, 2.05) is 13.8 Å². The largest absolute Gasteiger partial charge is 0.378 e. The van der Waals surface area contributed by atoms with Gasteiger partial charge in [-0.25, -0.2) is 0 Å². The second kappa shape index (κ2) is 10.6. The Morgan fingerprint density at radius 3 is 2.50 bits per heavy atom. The first kappa shape index (κ1) is 18.9. The van der Waals surface area contributed by atoms with Crippen molar-refractivity contribution >= 4 is 11.8 Å². The summed E-state index contributed by atoms with van der Waals surface area (Å²) in [5.41, 5.74) is 5.19. The van der Waals surface area contributed by atoms with E-state index in [0.29, 0.717) is 19.3 Å². The summed E-state index contributed by atoms with van der Waals surface area (Å²) in [7, 11) is 0. The molecule has 128 valence electrons. The van der Waals surface area contributed by atoms with Crippen LogP contribution in [-0.2, 0) is 14.3 Å². The molecule has 0 aromatic carbocycles. The predicted molar refractivity (Wildman–Crippen MR) is 86.4 cm³/mol. The monoisotopic (exact) mass is 313 g/mol. The zero-order chi connectivity index (χ0) is 16.4. The zero-order valence-electron chi connectivity index (χ0n) is 14.0. The molecule has 3 N–H and O–H groups in total. The normalized spacial score (nSPS) is 16.2. The summed E-state index contributed by atoms with van der Waals surface area (Å²) in [6.45, 7) is 5.48. The lowest BCUT2D eigenvalue weighted by Gasteiger charge is -2.24. The summed E-state index contributed by atoms with van der Waals surface area (Å²) >= 11 is 0. The lowest BCUT2D eigenvalue weighted by atomic mass is 9.98. The number of hydrogen-bond acceptors (Lipinski definition) is 4. The molecule has 0 aromatic heterocycles. The van der Waals surface area contributed by atoms with Crippen molar-refractivity contribution < 1.29 is 14.3 Å². The van der Waals surface area contributed by atoms with Gasteiger partial charge >= 0.3 is 0 Å². The second-order valence-electron chi connectivity index (χ2n) is 6.30. The fourth-order valence-corrected chi connectivity index (χ4v) is 2.64. The Morgan fingerprint density at radius 2 is 1.91 bits per heavy atom. The molecule has 22 heavy (non-hydrogen) atoms. The van der Waals surface area contributed by atoms with E-state index in [0.717, 1.165) is 6.42 Å². The Labute approximate surface area is 133 Å². The maximum absolute atomic E-state index is 11.9. The van der Waals surface area contributed by atoms with Gasteiger partial charge in [0.2, 0.25) is 11.8 Å². The van der Waals surface area contributed by atoms with E-state index >= 15 is 0 Å². The highest BCUT2D eigenvalue weighted by atomic mass is 16.5. The summed E-state index contributed by atoms with van der Waals surface area (Å²) < 4.78 is 5.81. The summed E-state index contributed by atoms with van der Waals surface area (Å²) in [6.07, 6.45) is 7.44. The Hall–Kier alpha value is -1.14. The van der Waals surface area contributed by atoms with Gasteiger partial charge in [0.15, 0.2) is 0 Å². The Bertz CT molecular complexity index is 342. The van der Waals surface area contributed by atoms with Crippen LogP contribution in [0.2, 0.25) is 0 Å². The van der Waals surface area contributed by atoms with Crippen LogP contribution in [0.25, 0.3) is 0 Å². The molecule has 1 rings (SSSR count). The SMILES string of the molecule is CC(C)N(CC(N)=O)CC(=O)NCCCOC1CCCCC1. The molecule has 1 fully saturated rings. The van der Waals surface area contributed by atoms with E-state index in [1.165, 1.54) is 32.1 Å². The maximum Gasteiger partial charge on any atom is 0.234 e. The van der Waals surface area contributed by atoms with Gasteiger partial charge in [0.25, 0.3) is 0 Å². The van der Waals surface area contributed by atoms with Crippen LogP contribution in [0.1, 0.15) is 52.4 Å². The number of nitrogens with one attached hydrogen (secondary N) is 1. The molecule has 2 amide bonds. The zero-order valence-corrected chi connectivity index (χ0v) is 14.0. The van der Waals surface area contributed by atoms with Crippen LogP contribution in [0.4, 0.5) is 0 Å². The Balaban J connectivity index is 2.09. The first-order chi connectivity index (χ1) is 10.5. The fourth-order valence-electron chi connectivity index (χ4n) is 2.64. The fraction of sp³-hybridized carbons (Fsp3) is 0.875. The van der Waals surface area contributed by atoms with Crippen molar-refractivity contribution in [2.75, 3.05) is 26.2 Å². The average molecular weight is 313 g/mol. The molecule has 0 aromatic rings. The van der Waals surface area contributed by atoms with E-state index in [1.54, 1.807) is 4.90 Å². The highest BCUT2D eigenvalue weighted by Gasteiger charge is 2.16. The highest BCUT2D eigenvalue weighted by Crippen LogP contribution is 2.20. The number of nitrogens with zero attached hydrogens (tertiary/aromatic N) is 1. The van der Waals surface area contributed by atoms with Crippen LogP contribution in [0, 0.1) is 0 Å². The van der Waals surface area contributed by atoms with Crippen LogP contribution < -0.4 is 11.1 Å². The molecule has 1 saturated carbocycles. The summed E-state index contributed by atoms with van der Waals surface area (Å²) in [4.78, 5) is 24.6. The molecule has 1 aliphatic rings. The smallest absolute Gasteiger partial charge is 0.234 e. The molecule has 0 radical (unpaired) electrons. The van der Waals surface area contributed by atoms with E-state index in [2.05, 4.69) is 5.32 Å². The maximum atomic E-state index is 11.9. The molecule has 0 atom stereocenters. The lowest BCUT2D eigenvalue weighted by Crippen LogP contribution is -2.45. The molecule has 0 aliphatic heterocycles. The van der Waals surface area contributed by atoms with Crippen LogP contribution >= 0.6 is 0 Å². The molecule has 0 saturated heterocycles. The number of nitrogens with two attached hydrogens (primary N) is 1. The first-order valence-electron chi connectivity index (χ1n) is 8.39. The first-order valence-corrected chi connectivity index (χ1v) is 8.39. The van der Waals surface area contributed by atoms with Crippen molar-refractivity contribution in [2.45, 2.75) is 64.5 Å². The molecular weight excluding hydrogens is 282 g/mol. The van der Waals surface area contributed by atoms with Crippen LogP contribution in [0.3, 0.4) is 0 Å². The number of carbonyl (C=O) groups is 2. The molecule has 0 unspecified atom stereocenters. The van der Waals surface area contributed by atoms with E-state index in [-0.39, 0.29) is 25.0 Å². The molecule has 0 heterocycles. The third-order valence-electron chi connectivity index (χ3n) is 3.98. The minimum absolute atomic E-state index is 0.0763. The van der Waals surface area contributed by atoms with Crippen LogP contribution in [0.5, 0.6) is 0 Å². The van der Waals surface area contributed by atoms with E-state index in [9.17, 15) is 9.59 Å². The molecule has 0 spiro atoms. The minimum atomic E-state index is -0.414. The molecule has 1 aliphatic carbocycles. The predicted octanol–water partition coefficient (Wildman–Crippen LogP) is 1.04. The van der Waals surface area contributed by atoms with Crippen molar-refractivity contribution in [3.8, 4) is 0 Å². The van der Waals surface area contributed by atoms with Gasteiger partial charge in [-0.1, -0.05) is 19.3 Å². The quantitative estimate of drug-likeness (QED) is 0.590. The minimum Gasteiger partial charge on any atom is -0.378 e. The average Bonchev–Trinajstić information content (AvgIpc) is 2.46.